The molecule has 0 aliphatic carbocycles. The molecule has 0 radical (unpaired) electrons. The first-order valence-corrected chi connectivity index (χ1v) is 4.16. The average Bonchev–Trinajstić information content (AvgIpc) is 2.15. The predicted molar refractivity (Wildman–Crippen MR) is 49.3 cm³/mol. The molecule has 5 heteroatoms. The number of methoxy groups -OCH3 is 1. The largest absolute Gasteiger partial charge is 0.497 e. The molecule has 0 fully saturated rings. The highest BCUT2D eigenvalue weighted by atomic mass is 35.5. The molecule has 0 aliphatic heterocycles. The van der Waals surface area contributed by atoms with Crippen LogP contribution in [-0.4, -0.2) is 19.0 Å². The van der Waals surface area contributed by atoms with Crippen LogP contribution in [0.3, 0.4) is 0 Å². The number of rotatable bonds is 4. The first-order valence-electron chi connectivity index (χ1n) is 3.78. The van der Waals surface area contributed by atoms with Crippen LogP contribution in [0.5, 0.6) is 11.5 Å². The lowest BCUT2D eigenvalue weighted by Crippen LogP contribution is -2.05. The Morgan fingerprint density at radius 1 is 1.57 bits per heavy atom. The minimum absolute atomic E-state index is 0.0280. The van der Waals surface area contributed by atoms with Crippen LogP contribution in [-0.2, 0) is 4.79 Å². The normalized spacial score (nSPS) is 9.64. The smallest absolute Gasteiger partial charge is 0.259 e. The van der Waals surface area contributed by atoms with E-state index in [1.54, 1.807) is 0 Å². The maximum atomic E-state index is 13.1. The Morgan fingerprint density at radius 2 is 2.29 bits per heavy atom. The molecule has 1 rings (SSSR count). The summed E-state index contributed by atoms with van der Waals surface area (Å²) in [5.41, 5.74) is 0. The summed E-state index contributed by atoms with van der Waals surface area (Å²) in [6, 6.07) is 4.05. The van der Waals surface area contributed by atoms with Gasteiger partial charge in [-0.2, -0.15) is 0 Å². The van der Waals surface area contributed by atoms with Gasteiger partial charge in [-0.25, -0.2) is 4.39 Å². The van der Waals surface area contributed by atoms with Gasteiger partial charge in [0.15, 0.2) is 18.2 Å². The van der Waals surface area contributed by atoms with E-state index in [0.717, 1.165) is 6.07 Å². The van der Waals surface area contributed by atoms with E-state index in [1.165, 1.54) is 19.2 Å². The quantitative estimate of drug-likeness (QED) is 0.725. The number of hydrogen-bond acceptors (Lipinski definition) is 3. The van der Waals surface area contributed by atoms with Crippen molar-refractivity contribution in [3.63, 3.8) is 0 Å². The second-order valence-electron chi connectivity index (χ2n) is 2.44. The topological polar surface area (TPSA) is 35.5 Å². The van der Waals surface area contributed by atoms with Crippen molar-refractivity contribution in [2.24, 2.45) is 0 Å². The van der Waals surface area contributed by atoms with Gasteiger partial charge in [0, 0.05) is 6.07 Å². The van der Waals surface area contributed by atoms with Gasteiger partial charge in [0.1, 0.15) is 5.75 Å². The lowest BCUT2D eigenvalue weighted by atomic mass is 10.3. The van der Waals surface area contributed by atoms with Gasteiger partial charge in [0.05, 0.1) is 7.11 Å². The fraction of sp³-hybridized carbons (Fsp3) is 0.222. The summed E-state index contributed by atoms with van der Waals surface area (Å²) in [5, 5.41) is -0.680. The van der Waals surface area contributed by atoms with E-state index in [1.807, 2.05) is 0 Å². The Bertz CT molecular complexity index is 341. The van der Waals surface area contributed by atoms with Crippen LogP contribution in [0, 0.1) is 5.82 Å². The molecule has 0 spiro atoms. The summed E-state index contributed by atoms with van der Waals surface area (Å²) in [6.45, 7) is -0.356. The van der Waals surface area contributed by atoms with Crippen molar-refractivity contribution in [3.8, 4) is 11.5 Å². The molecule has 0 N–H and O–H groups in total. The highest BCUT2D eigenvalue weighted by Gasteiger charge is 2.06. The van der Waals surface area contributed by atoms with Gasteiger partial charge in [-0.05, 0) is 23.7 Å². The molecule has 76 valence electrons. The molecular weight excluding hydrogens is 211 g/mol. The second kappa shape index (κ2) is 4.81. The minimum atomic E-state index is -0.680. The third kappa shape index (κ3) is 2.88. The number of halogens is 2. The molecule has 0 unspecified atom stereocenters. The number of carbonyl (C=O) groups excluding carboxylic acids is 1. The Kier molecular flexibility index (Phi) is 3.71. The van der Waals surface area contributed by atoms with Crippen LogP contribution in [0.1, 0.15) is 0 Å². The van der Waals surface area contributed by atoms with Gasteiger partial charge in [0.2, 0.25) is 0 Å². The zero-order valence-electron chi connectivity index (χ0n) is 7.42. The van der Waals surface area contributed by atoms with Gasteiger partial charge in [-0.1, -0.05) is 0 Å². The van der Waals surface area contributed by atoms with Crippen LogP contribution < -0.4 is 9.47 Å². The van der Waals surface area contributed by atoms with Crippen molar-refractivity contribution in [2.45, 2.75) is 0 Å². The molecule has 1 aromatic rings. The molecular formula is C9H8ClFO3. The van der Waals surface area contributed by atoms with Gasteiger partial charge in [-0.15, -0.1) is 0 Å². The van der Waals surface area contributed by atoms with E-state index in [0.29, 0.717) is 5.75 Å². The van der Waals surface area contributed by atoms with E-state index >= 15 is 0 Å². The van der Waals surface area contributed by atoms with Crippen LogP contribution in [0.15, 0.2) is 18.2 Å². The zero-order valence-corrected chi connectivity index (χ0v) is 8.18. The van der Waals surface area contributed by atoms with Crippen LogP contribution in [0.4, 0.5) is 4.39 Å². The van der Waals surface area contributed by atoms with E-state index in [4.69, 9.17) is 21.1 Å². The van der Waals surface area contributed by atoms with E-state index in [-0.39, 0.29) is 12.4 Å². The van der Waals surface area contributed by atoms with Gasteiger partial charge < -0.3 is 9.47 Å². The minimum Gasteiger partial charge on any atom is -0.497 e. The number of hydrogen-bond donors (Lipinski definition) is 0. The molecule has 1 aromatic carbocycles. The maximum absolute atomic E-state index is 13.1. The molecule has 14 heavy (non-hydrogen) atoms. The molecule has 0 aliphatic rings. The van der Waals surface area contributed by atoms with Crippen LogP contribution in [0.2, 0.25) is 0 Å². The highest BCUT2D eigenvalue weighted by molar-refractivity contribution is 6.63. The fourth-order valence-electron chi connectivity index (χ4n) is 0.860. The fourth-order valence-corrected chi connectivity index (χ4v) is 0.915. The van der Waals surface area contributed by atoms with Crippen molar-refractivity contribution in [1.82, 2.24) is 0 Å². The summed E-state index contributed by atoms with van der Waals surface area (Å²) >= 11 is 5.03. The summed E-state index contributed by atoms with van der Waals surface area (Å²) in [7, 11) is 1.43. The van der Waals surface area contributed by atoms with Crippen LogP contribution >= 0.6 is 11.6 Å². The Labute approximate surface area is 85.4 Å². The van der Waals surface area contributed by atoms with Gasteiger partial charge >= 0.3 is 0 Å². The van der Waals surface area contributed by atoms with Gasteiger partial charge in [0.25, 0.3) is 5.24 Å². The Morgan fingerprint density at radius 3 is 2.79 bits per heavy atom. The first-order chi connectivity index (χ1) is 6.63. The summed E-state index contributed by atoms with van der Waals surface area (Å²) in [6.07, 6.45) is 0. The van der Waals surface area contributed by atoms with Crippen LogP contribution in [0.25, 0.3) is 0 Å². The zero-order chi connectivity index (χ0) is 10.6. The standard InChI is InChI=1S/C9H8ClFO3/c1-13-6-2-3-8(7(11)4-6)14-5-9(10)12/h2-4H,5H2,1H3. The monoisotopic (exact) mass is 218 g/mol. The molecule has 0 bridgehead atoms. The Balaban J connectivity index is 2.73. The Hall–Kier alpha value is -1.29. The highest BCUT2D eigenvalue weighted by Crippen LogP contribution is 2.22. The van der Waals surface area contributed by atoms with Crippen molar-refractivity contribution < 1.29 is 18.7 Å². The van der Waals surface area contributed by atoms with Crippen molar-refractivity contribution in [1.29, 1.82) is 0 Å². The lowest BCUT2D eigenvalue weighted by Gasteiger charge is -2.05. The maximum Gasteiger partial charge on any atom is 0.259 e. The molecule has 0 saturated heterocycles. The first kappa shape index (κ1) is 10.8. The van der Waals surface area contributed by atoms with Crippen molar-refractivity contribution in [2.75, 3.05) is 13.7 Å². The number of ether oxygens (including phenoxy) is 2. The van der Waals surface area contributed by atoms with Gasteiger partial charge in [-0.3, -0.25) is 4.79 Å². The van der Waals surface area contributed by atoms with Crippen molar-refractivity contribution >= 4 is 16.8 Å². The SMILES string of the molecule is COc1ccc(OCC(=O)Cl)c(F)c1. The number of benzene rings is 1. The molecule has 0 saturated carbocycles. The molecule has 0 atom stereocenters. The van der Waals surface area contributed by atoms with Crippen molar-refractivity contribution in [3.05, 3.63) is 24.0 Å². The predicted octanol–water partition coefficient (Wildman–Crippen LogP) is 1.98. The molecule has 3 nitrogen and oxygen atoms in total. The third-order valence-electron chi connectivity index (χ3n) is 1.48. The molecule has 0 heterocycles. The van der Waals surface area contributed by atoms with E-state index < -0.39 is 11.1 Å². The third-order valence-corrected chi connectivity index (χ3v) is 1.59. The second-order valence-corrected chi connectivity index (χ2v) is 2.86. The van der Waals surface area contributed by atoms with E-state index in [9.17, 15) is 9.18 Å². The van der Waals surface area contributed by atoms with E-state index in [2.05, 4.69) is 0 Å². The molecule has 0 amide bonds. The summed E-state index contributed by atoms with van der Waals surface area (Å²) in [4.78, 5) is 10.3. The molecule has 0 aromatic heterocycles. The summed E-state index contributed by atoms with van der Waals surface area (Å²) in [5.74, 6) is -0.242. The lowest BCUT2D eigenvalue weighted by molar-refractivity contribution is -0.113. The average molecular weight is 219 g/mol. The number of carbonyl (C=O) groups is 1. The summed E-state index contributed by atoms with van der Waals surface area (Å²) < 4.78 is 22.7.